The predicted molar refractivity (Wildman–Crippen MR) is 128 cm³/mol. The Labute approximate surface area is 190 Å². The molecule has 0 spiro atoms. The molecule has 6 heteroatoms. The number of amides is 1. The third-order valence-corrected chi connectivity index (χ3v) is 8.18. The Morgan fingerprint density at radius 3 is 2.34 bits per heavy atom. The molecule has 3 aromatic carbocycles. The van der Waals surface area contributed by atoms with E-state index in [1.807, 2.05) is 55.5 Å². The van der Waals surface area contributed by atoms with Gasteiger partial charge in [0.1, 0.15) is 0 Å². The van der Waals surface area contributed by atoms with Crippen molar-refractivity contribution in [3.05, 3.63) is 78.4 Å². The normalized spacial score (nSPS) is 16.7. The minimum Gasteiger partial charge on any atom is -0.353 e. The highest BCUT2D eigenvalue weighted by Gasteiger charge is 2.32. The lowest BCUT2D eigenvalue weighted by molar-refractivity contribution is -0.126. The number of hydrogen-bond acceptors (Lipinski definition) is 3. The molecule has 3 aromatic rings. The van der Waals surface area contributed by atoms with Crippen molar-refractivity contribution in [2.24, 2.45) is 5.92 Å². The Bertz CT molecular complexity index is 1170. The molecule has 0 saturated carbocycles. The standard InChI is InChI=1S/C26H30N2O3S/c1-20(11-12-21-7-3-2-4-8-21)27-26(29)23-15-17-28(18-16-23)32(30,31)25-14-13-22-9-5-6-10-24(22)19-25/h2-10,13-14,19-20,23H,11-12,15-18H2,1H3,(H,27,29)/t20-/m1/s1. The first-order chi connectivity index (χ1) is 15.4. The van der Waals surface area contributed by atoms with Crippen LogP contribution in [0, 0.1) is 5.92 Å². The van der Waals surface area contributed by atoms with E-state index in [0.717, 1.165) is 23.6 Å². The molecule has 0 unspecified atom stereocenters. The summed E-state index contributed by atoms with van der Waals surface area (Å²) in [6, 6.07) is 23.3. The van der Waals surface area contributed by atoms with Gasteiger partial charge in [-0.15, -0.1) is 0 Å². The second-order valence-corrected chi connectivity index (χ2v) is 10.6. The molecule has 0 radical (unpaired) electrons. The average Bonchev–Trinajstić information content (AvgIpc) is 2.83. The van der Waals surface area contributed by atoms with E-state index in [9.17, 15) is 13.2 Å². The van der Waals surface area contributed by atoms with Gasteiger partial charge >= 0.3 is 0 Å². The van der Waals surface area contributed by atoms with Gasteiger partial charge in [-0.05, 0) is 61.1 Å². The van der Waals surface area contributed by atoms with Crippen LogP contribution in [0.5, 0.6) is 0 Å². The Balaban J connectivity index is 1.31. The number of fused-ring (bicyclic) bond motifs is 1. The number of benzene rings is 3. The lowest BCUT2D eigenvalue weighted by Crippen LogP contribution is -2.44. The van der Waals surface area contributed by atoms with Gasteiger partial charge in [-0.2, -0.15) is 4.31 Å². The van der Waals surface area contributed by atoms with Crippen molar-refractivity contribution in [1.29, 1.82) is 0 Å². The maximum Gasteiger partial charge on any atom is 0.243 e. The second-order valence-electron chi connectivity index (χ2n) is 8.62. The zero-order valence-corrected chi connectivity index (χ0v) is 19.2. The zero-order valence-electron chi connectivity index (χ0n) is 18.4. The van der Waals surface area contributed by atoms with E-state index in [1.54, 1.807) is 12.1 Å². The number of sulfonamides is 1. The molecule has 1 N–H and O–H groups in total. The van der Waals surface area contributed by atoms with Crippen LogP contribution in [0.3, 0.4) is 0 Å². The molecule has 5 nitrogen and oxygen atoms in total. The van der Waals surface area contributed by atoms with Gasteiger partial charge in [0, 0.05) is 25.0 Å². The monoisotopic (exact) mass is 450 g/mol. The smallest absolute Gasteiger partial charge is 0.243 e. The van der Waals surface area contributed by atoms with Gasteiger partial charge in [0.05, 0.1) is 4.90 Å². The molecule has 0 aliphatic carbocycles. The number of nitrogens with one attached hydrogen (secondary N) is 1. The zero-order chi connectivity index (χ0) is 22.6. The molecular formula is C26H30N2O3S. The van der Waals surface area contributed by atoms with E-state index in [4.69, 9.17) is 0 Å². The highest BCUT2D eigenvalue weighted by atomic mass is 32.2. The van der Waals surface area contributed by atoms with Gasteiger partial charge in [-0.3, -0.25) is 4.79 Å². The average molecular weight is 451 g/mol. The number of hydrogen-bond donors (Lipinski definition) is 1. The van der Waals surface area contributed by atoms with Crippen LogP contribution in [0.2, 0.25) is 0 Å². The first-order valence-electron chi connectivity index (χ1n) is 11.3. The molecule has 1 heterocycles. The third-order valence-electron chi connectivity index (χ3n) is 6.28. The Morgan fingerprint density at radius 1 is 0.969 bits per heavy atom. The van der Waals surface area contributed by atoms with Crippen molar-refractivity contribution in [2.45, 2.75) is 43.5 Å². The number of carbonyl (C=O) groups excluding carboxylic acids is 1. The summed E-state index contributed by atoms with van der Waals surface area (Å²) in [6.07, 6.45) is 2.89. The predicted octanol–water partition coefficient (Wildman–Crippen LogP) is 4.38. The van der Waals surface area contributed by atoms with E-state index >= 15 is 0 Å². The highest BCUT2D eigenvalue weighted by molar-refractivity contribution is 7.89. The number of rotatable bonds is 7. The molecule has 1 aliphatic heterocycles. The Kier molecular flexibility index (Phi) is 6.92. The minimum absolute atomic E-state index is 0.0355. The quantitative estimate of drug-likeness (QED) is 0.581. The van der Waals surface area contributed by atoms with E-state index in [-0.39, 0.29) is 17.9 Å². The minimum atomic E-state index is -3.56. The summed E-state index contributed by atoms with van der Waals surface area (Å²) in [5.41, 5.74) is 1.26. The number of aryl methyl sites for hydroxylation is 1. The lowest BCUT2D eigenvalue weighted by Gasteiger charge is -2.31. The summed E-state index contributed by atoms with van der Waals surface area (Å²) in [7, 11) is -3.56. The van der Waals surface area contributed by atoms with E-state index in [1.165, 1.54) is 9.87 Å². The van der Waals surface area contributed by atoms with Crippen molar-refractivity contribution in [3.63, 3.8) is 0 Å². The van der Waals surface area contributed by atoms with Crippen LogP contribution in [0.4, 0.5) is 0 Å². The van der Waals surface area contributed by atoms with Crippen LogP contribution in [0.25, 0.3) is 10.8 Å². The highest BCUT2D eigenvalue weighted by Crippen LogP contribution is 2.26. The molecule has 0 aromatic heterocycles. The van der Waals surface area contributed by atoms with Crippen LogP contribution >= 0.6 is 0 Å². The summed E-state index contributed by atoms with van der Waals surface area (Å²) in [4.78, 5) is 13.0. The fourth-order valence-electron chi connectivity index (χ4n) is 4.30. The lowest BCUT2D eigenvalue weighted by atomic mass is 9.96. The van der Waals surface area contributed by atoms with E-state index in [0.29, 0.717) is 30.8 Å². The number of carbonyl (C=O) groups is 1. The Hall–Kier alpha value is -2.70. The summed E-state index contributed by atoms with van der Waals surface area (Å²) in [6.45, 7) is 2.76. The fraction of sp³-hybridized carbons (Fsp3) is 0.346. The summed E-state index contributed by atoms with van der Waals surface area (Å²) in [5.74, 6) is -0.106. The fourth-order valence-corrected chi connectivity index (χ4v) is 5.80. The molecule has 4 rings (SSSR count). The van der Waals surface area contributed by atoms with Crippen LogP contribution in [-0.4, -0.2) is 37.8 Å². The van der Waals surface area contributed by atoms with Crippen LogP contribution < -0.4 is 5.32 Å². The van der Waals surface area contributed by atoms with Gasteiger partial charge < -0.3 is 5.32 Å². The van der Waals surface area contributed by atoms with E-state index < -0.39 is 10.0 Å². The Morgan fingerprint density at radius 2 is 1.62 bits per heavy atom. The molecule has 1 atom stereocenters. The summed E-state index contributed by atoms with van der Waals surface area (Å²) < 4.78 is 27.8. The van der Waals surface area contributed by atoms with Gasteiger partial charge in [0.15, 0.2) is 0 Å². The molecule has 0 bridgehead atoms. The molecular weight excluding hydrogens is 420 g/mol. The SMILES string of the molecule is C[C@H](CCc1ccccc1)NC(=O)C1CCN(S(=O)(=O)c2ccc3ccccc3c2)CC1. The number of nitrogens with zero attached hydrogens (tertiary/aromatic N) is 1. The van der Waals surface area contributed by atoms with Crippen LogP contribution in [-0.2, 0) is 21.2 Å². The van der Waals surface area contributed by atoms with Gasteiger partial charge in [0.2, 0.25) is 15.9 Å². The maximum absolute atomic E-state index is 13.1. The molecule has 1 saturated heterocycles. The molecule has 1 fully saturated rings. The first kappa shape index (κ1) is 22.5. The second kappa shape index (κ2) is 9.84. The van der Waals surface area contributed by atoms with Crippen molar-refractivity contribution in [2.75, 3.05) is 13.1 Å². The van der Waals surface area contributed by atoms with Crippen molar-refractivity contribution in [1.82, 2.24) is 9.62 Å². The molecule has 1 aliphatic rings. The topological polar surface area (TPSA) is 66.5 Å². The van der Waals surface area contributed by atoms with Crippen molar-refractivity contribution in [3.8, 4) is 0 Å². The van der Waals surface area contributed by atoms with Crippen LogP contribution in [0.1, 0.15) is 31.7 Å². The van der Waals surface area contributed by atoms with Gasteiger partial charge in [-0.1, -0.05) is 60.7 Å². The summed E-state index contributed by atoms with van der Waals surface area (Å²) in [5, 5.41) is 5.04. The van der Waals surface area contributed by atoms with Crippen molar-refractivity contribution < 1.29 is 13.2 Å². The summed E-state index contributed by atoms with van der Waals surface area (Å²) >= 11 is 0. The van der Waals surface area contributed by atoms with E-state index in [2.05, 4.69) is 17.4 Å². The van der Waals surface area contributed by atoms with Gasteiger partial charge in [-0.25, -0.2) is 8.42 Å². The number of piperidine rings is 1. The van der Waals surface area contributed by atoms with Gasteiger partial charge in [0.25, 0.3) is 0 Å². The van der Waals surface area contributed by atoms with Crippen molar-refractivity contribution >= 4 is 26.7 Å². The molecule has 32 heavy (non-hydrogen) atoms. The molecule has 168 valence electrons. The van der Waals surface area contributed by atoms with Crippen LogP contribution in [0.15, 0.2) is 77.7 Å². The molecule has 1 amide bonds. The first-order valence-corrected chi connectivity index (χ1v) is 12.7. The largest absolute Gasteiger partial charge is 0.353 e. The third kappa shape index (κ3) is 5.19. The maximum atomic E-state index is 13.1.